The molecular formula is C24H25N3O4. The smallest absolute Gasteiger partial charge is 0.273 e. The molecule has 0 aliphatic carbocycles. The second kappa shape index (κ2) is 9.38. The zero-order valence-electron chi connectivity index (χ0n) is 17.8. The Labute approximate surface area is 181 Å². The summed E-state index contributed by atoms with van der Waals surface area (Å²) in [6.45, 7) is 6.52. The van der Waals surface area contributed by atoms with Gasteiger partial charge < -0.3 is 4.74 Å². The lowest BCUT2D eigenvalue weighted by Gasteiger charge is -2.23. The summed E-state index contributed by atoms with van der Waals surface area (Å²) in [5, 5.41) is 10.9. The van der Waals surface area contributed by atoms with Crippen molar-refractivity contribution < 1.29 is 14.5 Å². The fourth-order valence-electron chi connectivity index (χ4n) is 3.01. The lowest BCUT2D eigenvalue weighted by Crippen LogP contribution is -2.35. The summed E-state index contributed by atoms with van der Waals surface area (Å²) >= 11 is 0. The number of amides is 1. The molecule has 1 heterocycles. The maximum atomic E-state index is 13.0. The fraction of sp³-hybridized carbons (Fsp3) is 0.250. The van der Waals surface area contributed by atoms with Crippen LogP contribution in [-0.2, 0) is 16.8 Å². The van der Waals surface area contributed by atoms with Gasteiger partial charge in [-0.05, 0) is 34.7 Å². The van der Waals surface area contributed by atoms with E-state index in [-0.39, 0.29) is 29.4 Å². The molecule has 0 atom stereocenters. The van der Waals surface area contributed by atoms with Gasteiger partial charge in [0, 0.05) is 12.3 Å². The summed E-state index contributed by atoms with van der Waals surface area (Å²) in [7, 11) is 0. The van der Waals surface area contributed by atoms with Crippen molar-refractivity contribution in [2.75, 3.05) is 11.5 Å². The Balaban J connectivity index is 1.77. The number of carbonyl (C=O) groups excluding carboxylic acids is 1. The number of aromatic nitrogens is 1. The molecule has 0 fully saturated rings. The van der Waals surface area contributed by atoms with E-state index in [0.29, 0.717) is 12.4 Å². The summed E-state index contributed by atoms with van der Waals surface area (Å²) in [5.41, 5.74) is 2.12. The summed E-state index contributed by atoms with van der Waals surface area (Å²) in [6.07, 6.45) is 1.62. The van der Waals surface area contributed by atoms with Crippen molar-refractivity contribution in [2.45, 2.75) is 32.7 Å². The van der Waals surface area contributed by atoms with Crippen LogP contribution in [0.1, 0.15) is 31.9 Å². The molecule has 2 aromatic carbocycles. The van der Waals surface area contributed by atoms with Crippen LogP contribution in [0.4, 0.5) is 11.5 Å². The zero-order valence-corrected chi connectivity index (χ0v) is 17.8. The van der Waals surface area contributed by atoms with Gasteiger partial charge in [0.25, 0.3) is 11.6 Å². The number of nitro groups is 1. The SMILES string of the molecule is CC(C)(C)c1ccc(CN(C(=O)COc2cccc([N+](=O)[O-])c2)c2ccccn2)cc1. The van der Waals surface area contributed by atoms with Crippen LogP contribution in [0.25, 0.3) is 0 Å². The lowest BCUT2D eigenvalue weighted by atomic mass is 9.87. The number of hydrogen-bond acceptors (Lipinski definition) is 5. The van der Waals surface area contributed by atoms with Crippen molar-refractivity contribution in [3.8, 4) is 5.75 Å². The molecule has 0 spiro atoms. The molecule has 31 heavy (non-hydrogen) atoms. The van der Waals surface area contributed by atoms with Crippen molar-refractivity contribution in [2.24, 2.45) is 0 Å². The van der Waals surface area contributed by atoms with E-state index in [2.05, 4.69) is 37.9 Å². The van der Waals surface area contributed by atoms with E-state index in [0.717, 1.165) is 5.56 Å². The summed E-state index contributed by atoms with van der Waals surface area (Å²) in [4.78, 5) is 29.3. The number of nitrogens with zero attached hydrogens (tertiary/aromatic N) is 3. The molecule has 160 valence electrons. The van der Waals surface area contributed by atoms with Crippen molar-refractivity contribution in [3.05, 3.63) is 94.2 Å². The van der Waals surface area contributed by atoms with Gasteiger partial charge in [0.1, 0.15) is 11.6 Å². The van der Waals surface area contributed by atoms with E-state index in [1.165, 1.54) is 23.8 Å². The van der Waals surface area contributed by atoms with Gasteiger partial charge in [0.15, 0.2) is 6.61 Å². The van der Waals surface area contributed by atoms with Gasteiger partial charge in [-0.2, -0.15) is 0 Å². The number of anilines is 1. The van der Waals surface area contributed by atoms with E-state index in [4.69, 9.17) is 4.74 Å². The van der Waals surface area contributed by atoms with E-state index in [1.54, 1.807) is 29.3 Å². The first-order valence-corrected chi connectivity index (χ1v) is 9.92. The average molecular weight is 419 g/mol. The first kappa shape index (κ1) is 22.0. The van der Waals surface area contributed by atoms with Crippen LogP contribution >= 0.6 is 0 Å². The summed E-state index contributed by atoms with van der Waals surface area (Å²) in [6, 6.07) is 19.3. The molecule has 0 radical (unpaired) electrons. The number of benzene rings is 2. The number of ether oxygens (including phenoxy) is 1. The highest BCUT2D eigenvalue weighted by atomic mass is 16.6. The van der Waals surface area contributed by atoms with Gasteiger partial charge in [-0.3, -0.25) is 19.8 Å². The van der Waals surface area contributed by atoms with Crippen LogP contribution in [0.5, 0.6) is 5.75 Å². The quantitative estimate of drug-likeness (QED) is 0.402. The van der Waals surface area contributed by atoms with Crippen LogP contribution in [0, 0.1) is 10.1 Å². The number of hydrogen-bond donors (Lipinski definition) is 0. The van der Waals surface area contributed by atoms with Crippen molar-refractivity contribution in [1.82, 2.24) is 4.98 Å². The molecule has 3 aromatic rings. The molecular weight excluding hydrogens is 394 g/mol. The van der Waals surface area contributed by atoms with Crippen molar-refractivity contribution >= 4 is 17.4 Å². The molecule has 7 nitrogen and oxygen atoms in total. The first-order valence-electron chi connectivity index (χ1n) is 9.92. The molecule has 0 aliphatic rings. The van der Waals surface area contributed by atoms with Gasteiger partial charge in [-0.1, -0.05) is 57.2 Å². The maximum absolute atomic E-state index is 13.0. The highest BCUT2D eigenvalue weighted by Crippen LogP contribution is 2.24. The third-order valence-electron chi connectivity index (χ3n) is 4.78. The number of rotatable bonds is 7. The fourth-order valence-corrected chi connectivity index (χ4v) is 3.01. The minimum atomic E-state index is -0.504. The molecule has 0 unspecified atom stereocenters. The zero-order chi connectivity index (χ0) is 22.4. The standard InChI is InChI=1S/C24H25N3O4/c1-24(2,3)19-12-10-18(11-13-19)16-26(22-9-4-5-14-25-22)23(28)17-31-21-8-6-7-20(15-21)27(29)30/h4-15H,16-17H2,1-3H3. The molecule has 1 amide bonds. The number of pyridine rings is 1. The van der Waals surface area contributed by atoms with Gasteiger partial charge >= 0.3 is 0 Å². The molecule has 7 heteroatoms. The predicted octanol–water partition coefficient (Wildman–Crippen LogP) is 4.90. The van der Waals surface area contributed by atoms with Crippen LogP contribution in [0.2, 0.25) is 0 Å². The van der Waals surface area contributed by atoms with Gasteiger partial charge in [-0.15, -0.1) is 0 Å². The van der Waals surface area contributed by atoms with E-state index < -0.39 is 4.92 Å². The Morgan fingerprint density at radius 2 is 1.81 bits per heavy atom. The summed E-state index contributed by atoms with van der Waals surface area (Å²) < 4.78 is 5.54. The Morgan fingerprint density at radius 3 is 2.42 bits per heavy atom. The van der Waals surface area contributed by atoms with E-state index >= 15 is 0 Å². The van der Waals surface area contributed by atoms with Gasteiger partial charge in [-0.25, -0.2) is 4.98 Å². The van der Waals surface area contributed by atoms with Crippen LogP contribution in [-0.4, -0.2) is 22.4 Å². The molecule has 3 rings (SSSR count). The van der Waals surface area contributed by atoms with E-state index in [9.17, 15) is 14.9 Å². The number of carbonyl (C=O) groups is 1. The third kappa shape index (κ3) is 5.88. The minimum Gasteiger partial charge on any atom is -0.483 e. The molecule has 0 aliphatic heterocycles. The normalized spacial score (nSPS) is 11.1. The first-order chi connectivity index (χ1) is 14.7. The minimum absolute atomic E-state index is 0.0428. The largest absolute Gasteiger partial charge is 0.483 e. The molecule has 0 N–H and O–H groups in total. The predicted molar refractivity (Wildman–Crippen MR) is 119 cm³/mol. The van der Waals surface area contributed by atoms with Crippen LogP contribution in [0.3, 0.4) is 0 Å². The summed E-state index contributed by atoms with van der Waals surface area (Å²) in [5.74, 6) is 0.471. The average Bonchev–Trinajstić information content (AvgIpc) is 2.76. The number of non-ortho nitro benzene ring substituents is 1. The number of nitro benzene ring substituents is 1. The Bertz CT molecular complexity index is 1040. The Morgan fingerprint density at radius 1 is 1.06 bits per heavy atom. The second-order valence-electron chi connectivity index (χ2n) is 8.16. The Kier molecular flexibility index (Phi) is 6.65. The lowest BCUT2D eigenvalue weighted by molar-refractivity contribution is -0.384. The molecule has 0 bridgehead atoms. The topological polar surface area (TPSA) is 85.6 Å². The molecule has 1 aromatic heterocycles. The van der Waals surface area contributed by atoms with E-state index in [1.807, 2.05) is 18.2 Å². The Hall–Kier alpha value is -3.74. The van der Waals surface area contributed by atoms with Crippen molar-refractivity contribution in [3.63, 3.8) is 0 Å². The molecule has 0 saturated heterocycles. The molecule has 0 saturated carbocycles. The highest BCUT2D eigenvalue weighted by molar-refractivity contribution is 5.93. The van der Waals surface area contributed by atoms with Crippen LogP contribution in [0.15, 0.2) is 72.9 Å². The monoisotopic (exact) mass is 419 g/mol. The van der Waals surface area contributed by atoms with Gasteiger partial charge in [0.2, 0.25) is 0 Å². The van der Waals surface area contributed by atoms with Crippen molar-refractivity contribution in [1.29, 1.82) is 0 Å². The maximum Gasteiger partial charge on any atom is 0.273 e. The van der Waals surface area contributed by atoms with Crippen LogP contribution < -0.4 is 9.64 Å². The highest BCUT2D eigenvalue weighted by Gasteiger charge is 2.19. The third-order valence-corrected chi connectivity index (χ3v) is 4.78. The second-order valence-corrected chi connectivity index (χ2v) is 8.16. The van der Waals surface area contributed by atoms with Gasteiger partial charge in [0.05, 0.1) is 17.5 Å².